The van der Waals surface area contributed by atoms with Crippen LogP contribution in [0.2, 0.25) is 0 Å². The fourth-order valence-corrected chi connectivity index (χ4v) is 16.1. The Morgan fingerprint density at radius 1 is 0.296 bits per heavy atom. The van der Waals surface area contributed by atoms with Gasteiger partial charge in [0.2, 0.25) is 0 Å². The molecule has 0 bridgehead atoms. The number of nitrogens with zero attached hydrogens (tertiary/aromatic N) is 2. The maximum atomic E-state index is 2.44. The van der Waals surface area contributed by atoms with Gasteiger partial charge in [0.25, 0.3) is 0 Å². The van der Waals surface area contributed by atoms with Crippen molar-refractivity contribution in [2.24, 2.45) is 0 Å². The molecule has 0 saturated heterocycles. The summed E-state index contributed by atoms with van der Waals surface area (Å²) in [5, 5.41) is 12.9. The van der Waals surface area contributed by atoms with Crippen molar-refractivity contribution in [3.63, 3.8) is 0 Å². The van der Waals surface area contributed by atoms with Crippen molar-refractivity contribution in [2.75, 3.05) is 4.90 Å². The summed E-state index contributed by atoms with van der Waals surface area (Å²) in [6.45, 7) is 0. The minimum atomic E-state index is -2.65. The van der Waals surface area contributed by atoms with Gasteiger partial charge < -0.3 is 9.47 Å². The molecular formula is C68H48N2Si. The van der Waals surface area contributed by atoms with E-state index in [4.69, 9.17) is 0 Å². The highest BCUT2D eigenvalue weighted by atomic mass is 28.3. The summed E-state index contributed by atoms with van der Waals surface area (Å²) in [4.78, 5) is 2.44. The third-order valence-electron chi connectivity index (χ3n) is 14.5. The van der Waals surface area contributed by atoms with Crippen molar-refractivity contribution in [2.45, 2.75) is 0 Å². The molecule has 334 valence electrons. The van der Waals surface area contributed by atoms with Crippen LogP contribution in [-0.2, 0) is 0 Å². The average Bonchev–Trinajstić information content (AvgIpc) is 3.80. The summed E-state index contributed by atoms with van der Waals surface area (Å²) in [7, 11) is -2.65. The summed E-state index contributed by atoms with van der Waals surface area (Å²) in [5.41, 5.74) is 11.6. The lowest BCUT2D eigenvalue weighted by Gasteiger charge is -2.34. The zero-order valence-electron chi connectivity index (χ0n) is 39.1. The fraction of sp³-hybridized carbons (Fsp3) is 0. The first-order chi connectivity index (χ1) is 35.2. The second kappa shape index (κ2) is 17.8. The first-order valence-corrected chi connectivity index (χ1v) is 26.5. The van der Waals surface area contributed by atoms with Gasteiger partial charge in [0, 0.05) is 27.8 Å². The van der Waals surface area contributed by atoms with Gasteiger partial charge in [-0.25, -0.2) is 0 Å². The van der Waals surface area contributed by atoms with Gasteiger partial charge in [-0.15, -0.1) is 0 Å². The predicted molar refractivity (Wildman–Crippen MR) is 305 cm³/mol. The lowest BCUT2D eigenvalue weighted by molar-refractivity contribution is 1.18. The van der Waals surface area contributed by atoms with E-state index in [1.807, 2.05) is 0 Å². The number of rotatable bonds is 10. The molecule has 0 unspecified atom stereocenters. The van der Waals surface area contributed by atoms with Crippen LogP contribution >= 0.6 is 0 Å². The maximum Gasteiger partial charge on any atom is 0.179 e. The summed E-state index contributed by atoms with van der Waals surface area (Å²) < 4.78 is 2.40. The molecule has 0 amide bonds. The van der Waals surface area contributed by atoms with E-state index in [1.165, 1.54) is 80.8 Å². The van der Waals surface area contributed by atoms with E-state index in [0.29, 0.717) is 0 Å². The molecule has 0 saturated carbocycles. The van der Waals surface area contributed by atoms with Gasteiger partial charge >= 0.3 is 0 Å². The highest BCUT2D eigenvalue weighted by Gasteiger charge is 2.41. The van der Waals surface area contributed by atoms with Crippen molar-refractivity contribution in [3.05, 3.63) is 291 Å². The Labute approximate surface area is 415 Å². The van der Waals surface area contributed by atoms with Crippen molar-refractivity contribution in [1.82, 2.24) is 4.57 Å². The molecule has 0 atom stereocenters. The standard InChI is InChI=1S/C68H48N2Si/c1-5-21-53(22-6-1)70-65-33-18-17-32-63(65)68-66(34-19-35-67(68)70)69(55-44-38-51(39-45-55)64-48-52-20-13-14-29-60(52)61-30-15-16-31-62(61)64)54-42-36-49(37-43-54)50-40-46-59(47-41-50)71(56-23-7-2-8-24-56,57-25-9-3-10-26-57)58-27-11-4-12-28-58/h1-48H. The zero-order chi connectivity index (χ0) is 47.1. The normalized spacial score (nSPS) is 11.7. The van der Waals surface area contributed by atoms with Crippen molar-refractivity contribution in [1.29, 1.82) is 0 Å². The molecule has 0 fully saturated rings. The van der Waals surface area contributed by atoms with Crippen LogP contribution in [-0.4, -0.2) is 12.6 Å². The Hall–Kier alpha value is -9.02. The third-order valence-corrected chi connectivity index (χ3v) is 19.3. The Morgan fingerprint density at radius 2 is 0.732 bits per heavy atom. The van der Waals surface area contributed by atoms with Gasteiger partial charge in [0.1, 0.15) is 0 Å². The van der Waals surface area contributed by atoms with Crippen LogP contribution in [0.15, 0.2) is 291 Å². The molecule has 13 aromatic rings. The first-order valence-electron chi connectivity index (χ1n) is 24.5. The van der Waals surface area contributed by atoms with E-state index in [-0.39, 0.29) is 0 Å². The molecular weight excluding hydrogens is 873 g/mol. The van der Waals surface area contributed by atoms with Crippen LogP contribution < -0.4 is 25.6 Å². The van der Waals surface area contributed by atoms with Crippen LogP contribution in [0, 0.1) is 0 Å². The molecule has 2 nitrogen and oxygen atoms in total. The molecule has 1 heterocycles. The maximum absolute atomic E-state index is 2.65. The first kappa shape index (κ1) is 42.1. The van der Waals surface area contributed by atoms with E-state index >= 15 is 0 Å². The highest BCUT2D eigenvalue weighted by molar-refractivity contribution is 7.19. The number of hydrogen-bond donors (Lipinski definition) is 0. The largest absolute Gasteiger partial charge is 0.310 e. The second-order valence-corrected chi connectivity index (χ2v) is 22.2. The molecule has 1 aromatic heterocycles. The third kappa shape index (κ3) is 7.17. The summed E-state index contributed by atoms with van der Waals surface area (Å²) in [6, 6.07) is 107. The van der Waals surface area contributed by atoms with E-state index in [1.54, 1.807) is 0 Å². The molecule has 3 heteroatoms. The highest BCUT2D eigenvalue weighted by Crippen LogP contribution is 2.45. The molecule has 12 aromatic carbocycles. The summed E-state index contributed by atoms with van der Waals surface area (Å²) >= 11 is 0. The Bertz CT molecular complexity index is 3900. The van der Waals surface area contributed by atoms with Crippen molar-refractivity contribution in [3.8, 4) is 27.9 Å². The zero-order valence-corrected chi connectivity index (χ0v) is 40.1. The molecule has 0 N–H and O–H groups in total. The monoisotopic (exact) mass is 920 g/mol. The summed E-state index contributed by atoms with van der Waals surface area (Å²) in [5.74, 6) is 0. The fourth-order valence-electron chi connectivity index (χ4n) is 11.3. The molecule has 0 radical (unpaired) electrons. The quantitative estimate of drug-likeness (QED) is 0.0754. The molecule has 0 aliphatic carbocycles. The van der Waals surface area contributed by atoms with E-state index in [9.17, 15) is 0 Å². The van der Waals surface area contributed by atoms with Crippen LogP contribution in [0.3, 0.4) is 0 Å². The minimum Gasteiger partial charge on any atom is -0.310 e. The molecule has 71 heavy (non-hydrogen) atoms. The van der Waals surface area contributed by atoms with Crippen LogP contribution in [0.1, 0.15) is 0 Å². The van der Waals surface area contributed by atoms with Gasteiger partial charge in [-0.1, -0.05) is 231 Å². The van der Waals surface area contributed by atoms with Gasteiger partial charge in [0.05, 0.1) is 16.7 Å². The van der Waals surface area contributed by atoms with Gasteiger partial charge in [0.15, 0.2) is 8.07 Å². The number of anilines is 3. The lowest BCUT2D eigenvalue weighted by Crippen LogP contribution is -2.74. The SMILES string of the molecule is c1ccc(-n2c3ccccc3c3c(N(c4ccc(-c5ccc([Si](c6ccccc6)(c6ccccc6)c6ccccc6)cc5)cc4)c4ccc(-c5cc6ccccc6c6ccccc56)cc4)cccc32)cc1. The van der Waals surface area contributed by atoms with Crippen molar-refractivity contribution < 1.29 is 0 Å². The molecule has 0 aliphatic heterocycles. The number of fused-ring (bicyclic) bond motifs is 6. The van der Waals surface area contributed by atoms with E-state index < -0.39 is 8.07 Å². The van der Waals surface area contributed by atoms with Crippen LogP contribution in [0.25, 0.3) is 71.3 Å². The smallest absolute Gasteiger partial charge is 0.179 e. The number of para-hydroxylation sites is 2. The van der Waals surface area contributed by atoms with Crippen LogP contribution in [0.5, 0.6) is 0 Å². The van der Waals surface area contributed by atoms with Gasteiger partial charge in [-0.05, 0) is 125 Å². The number of aromatic nitrogens is 1. The summed E-state index contributed by atoms with van der Waals surface area (Å²) in [6.07, 6.45) is 0. The van der Waals surface area contributed by atoms with E-state index in [2.05, 4.69) is 301 Å². The van der Waals surface area contributed by atoms with E-state index in [0.717, 1.165) is 28.3 Å². The average molecular weight is 921 g/mol. The van der Waals surface area contributed by atoms with Gasteiger partial charge in [-0.3, -0.25) is 0 Å². The molecule has 0 spiro atoms. The number of hydrogen-bond acceptors (Lipinski definition) is 1. The Kier molecular flexibility index (Phi) is 10.6. The van der Waals surface area contributed by atoms with Crippen molar-refractivity contribution >= 4 is 89.2 Å². The molecule has 0 aliphatic rings. The number of benzene rings is 12. The predicted octanol–water partition coefficient (Wildman–Crippen LogP) is 15.3. The minimum absolute atomic E-state index is 1.09. The second-order valence-electron chi connectivity index (χ2n) is 18.4. The Balaban J connectivity index is 0.945. The Morgan fingerprint density at radius 3 is 1.32 bits per heavy atom. The topological polar surface area (TPSA) is 8.17 Å². The lowest BCUT2D eigenvalue weighted by atomic mass is 9.93. The molecule has 13 rings (SSSR count). The van der Waals surface area contributed by atoms with Gasteiger partial charge in [-0.2, -0.15) is 0 Å². The van der Waals surface area contributed by atoms with Crippen LogP contribution in [0.4, 0.5) is 17.1 Å².